The van der Waals surface area contributed by atoms with E-state index in [4.69, 9.17) is 4.74 Å². The van der Waals surface area contributed by atoms with Gasteiger partial charge in [-0.2, -0.15) is 13.2 Å². The second-order valence-corrected chi connectivity index (χ2v) is 6.88. The molecule has 0 fully saturated rings. The molecule has 0 radical (unpaired) electrons. The van der Waals surface area contributed by atoms with Gasteiger partial charge in [0.1, 0.15) is 10.4 Å². The molecule has 0 amide bonds. The molecule has 0 spiro atoms. The van der Waals surface area contributed by atoms with Crippen molar-refractivity contribution in [2.24, 2.45) is 0 Å². The van der Waals surface area contributed by atoms with Crippen molar-refractivity contribution in [1.82, 2.24) is 14.9 Å². The highest BCUT2D eigenvalue weighted by atomic mass is 32.2. The molecule has 6 nitrogen and oxygen atoms in total. The monoisotopic (exact) mass is 374 g/mol. The molecule has 3 heterocycles. The zero-order valence-electron chi connectivity index (χ0n) is 12.0. The number of thioether (sulfide) groups is 2. The van der Waals surface area contributed by atoms with Crippen LogP contribution in [0, 0.1) is 0 Å². The van der Waals surface area contributed by atoms with Gasteiger partial charge in [-0.1, -0.05) is 17.8 Å². The Bertz CT molecular complexity index is 852. The SMILES string of the molecule is COc1cc([C@H]2SC=C3Sc4nnc(C(F)(F)F)n4N32)ccc1O. The van der Waals surface area contributed by atoms with Gasteiger partial charge in [-0.3, -0.25) is 5.01 Å². The van der Waals surface area contributed by atoms with E-state index in [1.807, 2.05) is 0 Å². The molecule has 2 aliphatic rings. The van der Waals surface area contributed by atoms with Crippen molar-refractivity contribution in [3.05, 3.63) is 40.0 Å². The van der Waals surface area contributed by atoms with Gasteiger partial charge < -0.3 is 9.84 Å². The van der Waals surface area contributed by atoms with Crippen LogP contribution < -0.4 is 9.75 Å². The average Bonchev–Trinajstić information content (AvgIpc) is 3.17. The van der Waals surface area contributed by atoms with Gasteiger partial charge in [-0.05, 0) is 29.5 Å². The summed E-state index contributed by atoms with van der Waals surface area (Å²) >= 11 is 2.49. The Kier molecular flexibility index (Phi) is 3.39. The lowest BCUT2D eigenvalue weighted by Gasteiger charge is -2.26. The smallest absolute Gasteiger partial charge is 0.453 e. The number of benzene rings is 1. The maximum Gasteiger partial charge on any atom is 0.453 e. The molecule has 1 atom stereocenters. The number of fused-ring (bicyclic) bond motifs is 3. The third-order valence-corrected chi connectivity index (χ3v) is 5.70. The number of halogens is 3. The molecule has 0 bridgehead atoms. The molecular weight excluding hydrogens is 365 g/mol. The predicted molar refractivity (Wildman–Crippen MR) is 82.2 cm³/mol. The number of alkyl halides is 3. The highest BCUT2D eigenvalue weighted by molar-refractivity contribution is 8.07. The van der Waals surface area contributed by atoms with Crippen molar-refractivity contribution in [2.45, 2.75) is 16.7 Å². The van der Waals surface area contributed by atoms with Crippen LogP contribution in [0.2, 0.25) is 0 Å². The fraction of sp³-hybridized carbons (Fsp3) is 0.231. The number of hydrogen-bond donors (Lipinski definition) is 1. The molecule has 0 unspecified atom stereocenters. The third-order valence-electron chi connectivity index (χ3n) is 3.51. The summed E-state index contributed by atoms with van der Waals surface area (Å²) in [5.74, 6) is -0.839. The molecule has 0 saturated heterocycles. The molecule has 1 aromatic heterocycles. The summed E-state index contributed by atoms with van der Waals surface area (Å²) in [6, 6.07) is 4.70. The number of phenolic OH excluding ortho intramolecular Hbond substituents is 1. The van der Waals surface area contributed by atoms with Crippen LogP contribution in [-0.4, -0.2) is 27.1 Å². The van der Waals surface area contributed by atoms with Crippen LogP contribution in [-0.2, 0) is 6.18 Å². The van der Waals surface area contributed by atoms with Crippen LogP contribution in [0.3, 0.4) is 0 Å². The topological polar surface area (TPSA) is 63.4 Å². The molecule has 2 aliphatic heterocycles. The molecule has 0 saturated carbocycles. The quantitative estimate of drug-likeness (QED) is 0.865. The highest BCUT2D eigenvalue weighted by Gasteiger charge is 2.47. The maximum atomic E-state index is 13.2. The van der Waals surface area contributed by atoms with E-state index in [1.54, 1.807) is 17.5 Å². The lowest BCUT2D eigenvalue weighted by atomic mass is 10.2. The molecule has 11 heteroatoms. The number of ether oxygens (including phenoxy) is 1. The maximum absolute atomic E-state index is 13.2. The van der Waals surface area contributed by atoms with E-state index < -0.39 is 17.4 Å². The Balaban J connectivity index is 1.78. The average molecular weight is 374 g/mol. The first-order valence-electron chi connectivity index (χ1n) is 6.62. The number of aromatic nitrogens is 3. The summed E-state index contributed by atoms with van der Waals surface area (Å²) in [7, 11) is 1.41. The molecule has 24 heavy (non-hydrogen) atoms. The fourth-order valence-electron chi connectivity index (χ4n) is 2.49. The van der Waals surface area contributed by atoms with Gasteiger partial charge in [-0.25, -0.2) is 4.68 Å². The number of methoxy groups -OCH3 is 1. The van der Waals surface area contributed by atoms with Crippen molar-refractivity contribution >= 4 is 23.5 Å². The number of phenols is 1. The fourth-order valence-corrected chi connectivity index (χ4v) is 4.70. The van der Waals surface area contributed by atoms with Crippen molar-refractivity contribution in [3.8, 4) is 11.5 Å². The summed E-state index contributed by atoms with van der Waals surface area (Å²) in [6.45, 7) is 0. The molecule has 0 aliphatic carbocycles. The standard InChI is InChI=1S/C13H9F3N4O2S2/c1-22-8-4-6(2-3-7(8)21)10-19-9(5-23-10)24-12-18-17-11(20(12)19)13(14,15)16/h2-5,10,21H,1H3/t10-/m1/s1. The van der Waals surface area contributed by atoms with Gasteiger partial charge in [0.15, 0.2) is 11.5 Å². The van der Waals surface area contributed by atoms with Crippen molar-refractivity contribution in [1.29, 1.82) is 0 Å². The van der Waals surface area contributed by atoms with Gasteiger partial charge >= 0.3 is 6.18 Å². The van der Waals surface area contributed by atoms with Gasteiger partial charge in [0.05, 0.1) is 7.11 Å². The second kappa shape index (κ2) is 5.24. The molecule has 126 valence electrons. The van der Waals surface area contributed by atoms with Crippen LogP contribution in [0.5, 0.6) is 11.5 Å². The van der Waals surface area contributed by atoms with Crippen LogP contribution in [0.25, 0.3) is 0 Å². The van der Waals surface area contributed by atoms with E-state index in [0.29, 0.717) is 10.6 Å². The molecule has 4 rings (SSSR count). The highest BCUT2D eigenvalue weighted by Crippen LogP contribution is 2.52. The normalized spacial score (nSPS) is 19.2. The van der Waals surface area contributed by atoms with E-state index in [1.165, 1.54) is 29.9 Å². The largest absolute Gasteiger partial charge is 0.504 e. The summed E-state index contributed by atoms with van der Waals surface area (Å²) in [5.41, 5.74) is 0.691. The van der Waals surface area contributed by atoms with Gasteiger partial charge in [0, 0.05) is 5.41 Å². The van der Waals surface area contributed by atoms with Crippen molar-refractivity contribution in [2.75, 3.05) is 12.1 Å². The van der Waals surface area contributed by atoms with Gasteiger partial charge in [0.25, 0.3) is 5.82 Å². The Morgan fingerprint density at radius 1 is 1.29 bits per heavy atom. The summed E-state index contributed by atoms with van der Waals surface area (Å²) in [6.07, 6.45) is -4.61. The van der Waals surface area contributed by atoms with E-state index in [2.05, 4.69) is 10.2 Å². The summed E-state index contributed by atoms with van der Waals surface area (Å²) < 4.78 is 45.7. The minimum absolute atomic E-state index is 0.0332. The lowest BCUT2D eigenvalue weighted by molar-refractivity contribution is -0.147. The first-order chi connectivity index (χ1) is 11.4. The van der Waals surface area contributed by atoms with Crippen LogP contribution in [0.1, 0.15) is 16.8 Å². The summed E-state index contributed by atoms with van der Waals surface area (Å²) in [4.78, 5) is 0. The zero-order chi connectivity index (χ0) is 17.1. The minimum atomic E-state index is -4.61. The Hall–Kier alpha value is -2.01. The molecular formula is C13H9F3N4O2S2. The first kappa shape index (κ1) is 15.5. The molecule has 1 aromatic carbocycles. The van der Waals surface area contributed by atoms with Crippen molar-refractivity contribution in [3.63, 3.8) is 0 Å². The zero-order valence-corrected chi connectivity index (χ0v) is 13.6. The van der Waals surface area contributed by atoms with Crippen molar-refractivity contribution < 1.29 is 23.0 Å². The summed E-state index contributed by atoms with van der Waals surface area (Å²) in [5, 5.41) is 20.2. The molecule has 1 N–H and O–H groups in total. The minimum Gasteiger partial charge on any atom is -0.504 e. The van der Waals surface area contributed by atoms with Crippen LogP contribution >= 0.6 is 23.5 Å². The van der Waals surface area contributed by atoms with Gasteiger partial charge in [-0.15, -0.1) is 10.2 Å². The number of hydrogen-bond acceptors (Lipinski definition) is 7. The van der Waals surface area contributed by atoms with E-state index in [9.17, 15) is 18.3 Å². The third kappa shape index (κ3) is 2.22. The lowest BCUT2D eigenvalue weighted by Crippen LogP contribution is -2.33. The Labute approximate surface area is 142 Å². The number of nitrogens with zero attached hydrogens (tertiary/aromatic N) is 4. The molecule has 2 aromatic rings. The van der Waals surface area contributed by atoms with E-state index in [0.717, 1.165) is 16.4 Å². The predicted octanol–water partition coefficient (Wildman–Crippen LogP) is 3.30. The second-order valence-electron chi connectivity index (χ2n) is 4.94. The van der Waals surface area contributed by atoms with E-state index in [-0.39, 0.29) is 16.7 Å². The first-order valence-corrected chi connectivity index (χ1v) is 8.38. The van der Waals surface area contributed by atoms with Crippen LogP contribution in [0.15, 0.2) is 33.8 Å². The number of aromatic hydroxyl groups is 1. The van der Waals surface area contributed by atoms with Crippen LogP contribution in [0.4, 0.5) is 13.2 Å². The Morgan fingerprint density at radius 2 is 2.08 bits per heavy atom. The van der Waals surface area contributed by atoms with Gasteiger partial charge in [0.2, 0.25) is 5.16 Å². The number of rotatable bonds is 2. The Morgan fingerprint density at radius 3 is 2.79 bits per heavy atom. The van der Waals surface area contributed by atoms with E-state index >= 15 is 0 Å².